The van der Waals surface area contributed by atoms with Crippen LogP contribution in [0.15, 0.2) is 24.5 Å². The van der Waals surface area contributed by atoms with Gasteiger partial charge < -0.3 is 10.6 Å². The van der Waals surface area contributed by atoms with Crippen molar-refractivity contribution in [1.82, 2.24) is 36.4 Å². The number of aromatic nitrogens is 4. The van der Waals surface area contributed by atoms with Gasteiger partial charge in [-0.25, -0.2) is 9.48 Å². The number of carbonyl (C=O) groups is 1. The SMILES string of the molecule is Cc1ccc(-n2cnnn2)cc1NC(=O)NCCCC1CNNC1C. The number of anilines is 1. The van der Waals surface area contributed by atoms with Crippen molar-refractivity contribution >= 4 is 11.7 Å². The van der Waals surface area contributed by atoms with Gasteiger partial charge in [0.15, 0.2) is 0 Å². The van der Waals surface area contributed by atoms with Crippen LogP contribution >= 0.6 is 0 Å². The number of benzene rings is 1. The lowest BCUT2D eigenvalue weighted by Gasteiger charge is -2.14. The molecule has 134 valence electrons. The fourth-order valence-corrected chi connectivity index (χ4v) is 2.90. The first-order chi connectivity index (χ1) is 12.1. The summed E-state index contributed by atoms with van der Waals surface area (Å²) in [5.74, 6) is 0.611. The average molecular weight is 344 g/mol. The van der Waals surface area contributed by atoms with E-state index in [1.807, 2.05) is 25.1 Å². The zero-order valence-electron chi connectivity index (χ0n) is 14.5. The van der Waals surface area contributed by atoms with Crippen molar-refractivity contribution in [3.05, 3.63) is 30.1 Å². The fourth-order valence-electron chi connectivity index (χ4n) is 2.90. The summed E-state index contributed by atoms with van der Waals surface area (Å²) in [5.41, 5.74) is 8.88. The molecule has 0 radical (unpaired) electrons. The number of rotatable bonds is 6. The van der Waals surface area contributed by atoms with Gasteiger partial charge in [0, 0.05) is 24.8 Å². The van der Waals surface area contributed by atoms with Gasteiger partial charge in [-0.15, -0.1) is 5.10 Å². The van der Waals surface area contributed by atoms with Crippen molar-refractivity contribution < 1.29 is 4.79 Å². The molecule has 1 aromatic heterocycles. The van der Waals surface area contributed by atoms with E-state index < -0.39 is 0 Å². The van der Waals surface area contributed by atoms with Crippen LogP contribution in [0.3, 0.4) is 0 Å². The molecule has 0 aliphatic carbocycles. The molecule has 3 rings (SSSR count). The summed E-state index contributed by atoms with van der Waals surface area (Å²) in [4.78, 5) is 12.1. The van der Waals surface area contributed by atoms with E-state index in [9.17, 15) is 4.79 Å². The number of nitrogens with zero attached hydrogens (tertiary/aromatic N) is 4. The molecule has 0 saturated carbocycles. The smallest absolute Gasteiger partial charge is 0.319 e. The highest BCUT2D eigenvalue weighted by molar-refractivity contribution is 5.90. The molecule has 9 heteroatoms. The molecular weight excluding hydrogens is 320 g/mol. The van der Waals surface area contributed by atoms with Crippen LogP contribution in [0, 0.1) is 12.8 Å². The standard InChI is InChI=1S/C16H24N8O/c1-11-5-6-14(24-10-19-22-23-24)8-15(11)20-16(25)17-7-3-4-13-9-18-21-12(13)2/h5-6,8,10,12-13,18,21H,3-4,7,9H2,1-2H3,(H2,17,20,25). The number of nitrogens with one attached hydrogen (secondary N) is 4. The highest BCUT2D eigenvalue weighted by Crippen LogP contribution is 2.19. The van der Waals surface area contributed by atoms with E-state index in [1.165, 1.54) is 6.33 Å². The molecule has 1 aliphatic heterocycles. The second-order valence-corrected chi connectivity index (χ2v) is 6.35. The maximum Gasteiger partial charge on any atom is 0.319 e. The number of urea groups is 1. The lowest BCUT2D eigenvalue weighted by atomic mass is 9.98. The molecule has 2 amide bonds. The Morgan fingerprint density at radius 3 is 3.04 bits per heavy atom. The number of hydrogen-bond acceptors (Lipinski definition) is 6. The molecule has 1 saturated heterocycles. The van der Waals surface area contributed by atoms with Gasteiger partial charge in [-0.2, -0.15) is 0 Å². The molecule has 25 heavy (non-hydrogen) atoms. The van der Waals surface area contributed by atoms with Crippen LogP contribution in [-0.2, 0) is 0 Å². The van der Waals surface area contributed by atoms with Crippen molar-refractivity contribution in [2.75, 3.05) is 18.4 Å². The van der Waals surface area contributed by atoms with Crippen molar-refractivity contribution in [3.63, 3.8) is 0 Å². The Hall–Kier alpha value is -2.52. The third-order valence-electron chi connectivity index (χ3n) is 4.52. The van der Waals surface area contributed by atoms with E-state index in [0.29, 0.717) is 18.5 Å². The van der Waals surface area contributed by atoms with Gasteiger partial charge in [0.1, 0.15) is 6.33 Å². The first-order valence-electron chi connectivity index (χ1n) is 8.51. The van der Waals surface area contributed by atoms with Crippen LogP contribution in [0.1, 0.15) is 25.3 Å². The summed E-state index contributed by atoms with van der Waals surface area (Å²) in [5, 5.41) is 16.9. The molecular formula is C16H24N8O. The van der Waals surface area contributed by atoms with E-state index in [0.717, 1.165) is 36.3 Å². The Balaban J connectivity index is 1.48. The average Bonchev–Trinajstić information content (AvgIpc) is 3.26. The van der Waals surface area contributed by atoms with Crippen molar-refractivity contribution in [2.24, 2.45) is 5.92 Å². The molecule has 2 atom stereocenters. The Labute approximate surface area is 146 Å². The minimum absolute atomic E-state index is 0.201. The minimum Gasteiger partial charge on any atom is -0.338 e. The topological polar surface area (TPSA) is 109 Å². The van der Waals surface area contributed by atoms with Crippen molar-refractivity contribution in [3.8, 4) is 5.69 Å². The Kier molecular flexibility index (Phi) is 5.56. The summed E-state index contributed by atoms with van der Waals surface area (Å²) in [6.45, 7) is 5.75. The van der Waals surface area contributed by atoms with Crippen LogP contribution < -0.4 is 21.5 Å². The quantitative estimate of drug-likeness (QED) is 0.582. The highest BCUT2D eigenvalue weighted by Gasteiger charge is 2.21. The van der Waals surface area contributed by atoms with E-state index in [4.69, 9.17) is 0 Å². The molecule has 2 aromatic rings. The number of hydrazine groups is 1. The number of aryl methyl sites for hydroxylation is 1. The molecule has 0 spiro atoms. The molecule has 1 fully saturated rings. The molecule has 9 nitrogen and oxygen atoms in total. The van der Waals surface area contributed by atoms with Crippen molar-refractivity contribution in [2.45, 2.75) is 32.7 Å². The van der Waals surface area contributed by atoms with Gasteiger partial charge in [0.2, 0.25) is 0 Å². The first-order valence-corrected chi connectivity index (χ1v) is 8.51. The predicted molar refractivity (Wildman–Crippen MR) is 94.2 cm³/mol. The zero-order chi connectivity index (χ0) is 17.6. The van der Waals surface area contributed by atoms with Crippen LogP contribution in [0.2, 0.25) is 0 Å². The van der Waals surface area contributed by atoms with Gasteiger partial charge in [-0.3, -0.25) is 10.9 Å². The van der Waals surface area contributed by atoms with E-state index in [2.05, 4.69) is 43.9 Å². The number of amides is 2. The molecule has 2 heterocycles. The second-order valence-electron chi connectivity index (χ2n) is 6.35. The van der Waals surface area contributed by atoms with Gasteiger partial charge >= 0.3 is 6.03 Å². The Bertz CT molecular complexity index is 702. The maximum atomic E-state index is 12.1. The van der Waals surface area contributed by atoms with Crippen LogP contribution in [-0.4, -0.2) is 45.4 Å². The van der Waals surface area contributed by atoms with E-state index in [1.54, 1.807) is 4.68 Å². The Morgan fingerprint density at radius 2 is 2.32 bits per heavy atom. The third-order valence-corrected chi connectivity index (χ3v) is 4.52. The summed E-state index contributed by atoms with van der Waals surface area (Å²) < 4.78 is 1.55. The van der Waals surface area contributed by atoms with Crippen LogP contribution in [0.5, 0.6) is 0 Å². The molecule has 1 aromatic carbocycles. The fraction of sp³-hybridized carbons (Fsp3) is 0.500. The summed E-state index contributed by atoms with van der Waals surface area (Å²) in [7, 11) is 0. The number of carbonyl (C=O) groups excluding carboxylic acids is 1. The summed E-state index contributed by atoms with van der Waals surface area (Å²) in [6.07, 6.45) is 3.55. The maximum absolute atomic E-state index is 12.1. The third kappa shape index (κ3) is 4.52. The lowest BCUT2D eigenvalue weighted by molar-refractivity contribution is 0.251. The van der Waals surface area contributed by atoms with Gasteiger partial charge in [-0.1, -0.05) is 6.07 Å². The largest absolute Gasteiger partial charge is 0.338 e. The molecule has 1 aliphatic rings. The van der Waals surface area contributed by atoms with Crippen LogP contribution in [0.4, 0.5) is 10.5 Å². The zero-order valence-corrected chi connectivity index (χ0v) is 14.5. The monoisotopic (exact) mass is 344 g/mol. The van der Waals surface area contributed by atoms with Gasteiger partial charge in [0.05, 0.1) is 5.69 Å². The van der Waals surface area contributed by atoms with Gasteiger partial charge in [0.25, 0.3) is 0 Å². The van der Waals surface area contributed by atoms with Crippen molar-refractivity contribution in [1.29, 1.82) is 0 Å². The summed E-state index contributed by atoms with van der Waals surface area (Å²) >= 11 is 0. The lowest BCUT2D eigenvalue weighted by Crippen LogP contribution is -2.31. The number of tetrazole rings is 1. The van der Waals surface area contributed by atoms with Gasteiger partial charge in [-0.05, 0) is 60.7 Å². The van der Waals surface area contributed by atoms with E-state index in [-0.39, 0.29) is 6.03 Å². The summed E-state index contributed by atoms with van der Waals surface area (Å²) in [6, 6.07) is 5.95. The minimum atomic E-state index is -0.201. The first kappa shape index (κ1) is 17.3. The highest BCUT2D eigenvalue weighted by atomic mass is 16.2. The Morgan fingerprint density at radius 1 is 1.44 bits per heavy atom. The van der Waals surface area contributed by atoms with Crippen LogP contribution in [0.25, 0.3) is 5.69 Å². The molecule has 4 N–H and O–H groups in total. The predicted octanol–water partition coefficient (Wildman–Crippen LogP) is 0.985. The normalized spacial score (nSPS) is 19.8. The number of hydrogen-bond donors (Lipinski definition) is 4. The molecule has 0 bridgehead atoms. The second kappa shape index (κ2) is 8.04. The van der Waals surface area contributed by atoms with E-state index >= 15 is 0 Å². The molecule has 2 unspecified atom stereocenters.